The number of aromatic amines is 1. The molecule has 1 atom stereocenters. The standard InChI is InChI=1S/C16H22N2O/c1-11(19)18-15(16(2,3)4)9-12-10-17-14-8-6-5-7-13(12)14/h5-8,10,15,17H,9H2,1-4H3,(H,18,19). The van der Waals surface area contributed by atoms with E-state index in [2.05, 4.69) is 43.2 Å². The second-order valence-electron chi connectivity index (χ2n) is 6.18. The summed E-state index contributed by atoms with van der Waals surface area (Å²) in [5, 5.41) is 4.31. The zero-order chi connectivity index (χ0) is 14.0. The Bertz CT molecular complexity index is 578. The van der Waals surface area contributed by atoms with Crippen LogP contribution in [-0.4, -0.2) is 16.9 Å². The van der Waals surface area contributed by atoms with Crippen LogP contribution in [0.5, 0.6) is 0 Å². The first-order valence-electron chi connectivity index (χ1n) is 6.70. The third-order valence-electron chi connectivity index (χ3n) is 3.52. The van der Waals surface area contributed by atoms with E-state index in [1.807, 2.05) is 18.3 Å². The Kier molecular flexibility index (Phi) is 3.65. The molecule has 0 aliphatic carbocycles. The van der Waals surface area contributed by atoms with Crippen molar-refractivity contribution in [2.45, 2.75) is 40.2 Å². The van der Waals surface area contributed by atoms with Crippen LogP contribution in [-0.2, 0) is 11.2 Å². The minimum Gasteiger partial charge on any atom is -0.361 e. The zero-order valence-electron chi connectivity index (χ0n) is 12.1. The van der Waals surface area contributed by atoms with E-state index < -0.39 is 0 Å². The van der Waals surface area contributed by atoms with Gasteiger partial charge in [0.25, 0.3) is 0 Å². The molecular formula is C16H22N2O. The predicted molar refractivity (Wildman–Crippen MR) is 79.1 cm³/mol. The number of H-pyrrole nitrogens is 1. The number of hydrogen-bond acceptors (Lipinski definition) is 1. The predicted octanol–water partition coefficient (Wildman–Crippen LogP) is 3.26. The zero-order valence-corrected chi connectivity index (χ0v) is 12.1. The fourth-order valence-electron chi connectivity index (χ4n) is 2.34. The Morgan fingerprint density at radius 2 is 2.00 bits per heavy atom. The van der Waals surface area contributed by atoms with Crippen molar-refractivity contribution in [3.63, 3.8) is 0 Å². The van der Waals surface area contributed by atoms with Crippen LogP contribution in [0, 0.1) is 5.41 Å². The Morgan fingerprint density at radius 1 is 1.32 bits per heavy atom. The third-order valence-corrected chi connectivity index (χ3v) is 3.52. The highest BCUT2D eigenvalue weighted by atomic mass is 16.1. The van der Waals surface area contributed by atoms with Crippen LogP contribution < -0.4 is 5.32 Å². The SMILES string of the molecule is CC(=O)NC(Cc1c[nH]c2ccccc12)C(C)(C)C. The van der Waals surface area contributed by atoms with E-state index in [9.17, 15) is 4.79 Å². The van der Waals surface area contributed by atoms with Crippen molar-refractivity contribution in [2.24, 2.45) is 5.41 Å². The number of nitrogens with one attached hydrogen (secondary N) is 2. The van der Waals surface area contributed by atoms with Gasteiger partial charge >= 0.3 is 0 Å². The highest BCUT2D eigenvalue weighted by Crippen LogP contribution is 2.26. The fraction of sp³-hybridized carbons (Fsp3) is 0.438. The van der Waals surface area contributed by atoms with Gasteiger partial charge in [0.1, 0.15) is 0 Å². The lowest BCUT2D eigenvalue weighted by atomic mass is 9.83. The van der Waals surface area contributed by atoms with Crippen LogP contribution >= 0.6 is 0 Å². The Labute approximate surface area is 114 Å². The molecular weight excluding hydrogens is 236 g/mol. The highest BCUT2D eigenvalue weighted by molar-refractivity contribution is 5.83. The molecule has 1 amide bonds. The topological polar surface area (TPSA) is 44.9 Å². The first-order valence-corrected chi connectivity index (χ1v) is 6.70. The number of fused-ring (bicyclic) bond motifs is 1. The first-order chi connectivity index (χ1) is 8.88. The molecule has 0 bridgehead atoms. The summed E-state index contributed by atoms with van der Waals surface area (Å²) in [5.74, 6) is 0.0276. The summed E-state index contributed by atoms with van der Waals surface area (Å²) in [6.45, 7) is 8.04. The van der Waals surface area contributed by atoms with Gasteiger partial charge in [-0.1, -0.05) is 39.0 Å². The van der Waals surface area contributed by atoms with Crippen molar-refractivity contribution in [3.05, 3.63) is 36.0 Å². The van der Waals surface area contributed by atoms with Gasteiger partial charge in [-0.05, 0) is 23.5 Å². The van der Waals surface area contributed by atoms with Gasteiger partial charge in [-0.15, -0.1) is 0 Å². The highest BCUT2D eigenvalue weighted by Gasteiger charge is 2.26. The molecule has 1 heterocycles. The number of hydrogen-bond donors (Lipinski definition) is 2. The maximum absolute atomic E-state index is 11.4. The first kappa shape index (κ1) is 13.7. The molecule has 1 aromatic carbocycles. The van der Waals surface area contributed by atoms with Crippen molar-refractivity contribution in [1.82, 2.24) is 10.3 Å². The molecule has 0 spiro atoms. The smallest absolute Gasteiger partial charge is 0.217 e. The normalized spacial score (nSPS) is 13.5. The van der Waals surface area contributed by atoms with Gasteiger partial charge in [-0.3, -0.25) is 4.79 Å². The van der Waals surface area contributed by atoms with Crippen molar-refractivity contribution in [2.75, 3.05) is 0 Å². The summed E-state index contributed by atoms with van der Waals surface area (Å²) in [4.78, 5) is 14.7. The van der Waals surface area contributed by atoms with E-state index in [0.717, 1.165) is 11.9 Å². The quantitative estimate of drug-likeness (QED) is 0.872. The summed E-state index contributed by atoms with van der Waals surface area (Å²) < 4.78 is 0. The molecule has 1 aromatic heterocycles. The maximum Gasteiger partial charge on any atom is 0.217 e. The van der Waals surface area contributed by atoms with E-state index in [0.29, 0.717) is 0 Å². The summed E-state index contributed by atoms with van der Waals surface area (Å²) in [7, 11) is 0. The van der Waals surface area contributed by atoms with Crippen LogP contribution in [0.2, 0.25) is 0 Å². The van der Waals surface area contributed by atoms with E-state index in [-0.39, 0.29) is 17.4 Å². The molecule has 0 aliphatic rings. The molecule has 102 valence electrons. The molecule has 1 unspecified atom stereocenters. The van der Waals surface area contributed by atoms with Crippen LogP contribution in [0.4, 0.5) is 0 Å². The lowest BCUT2D eigenvalue weighted by molar-refractivity contribution is -0.120. The van der Waals surface area contributed by atoms with Crippen LogP contribution in [0.15, 0.2) is 30.5 Å². The summed E-state index contributed by atoms with van der Waals surface area (Å²) in [6, 6.07) is 8.39. The minimum absolute atomic E-state index is 0.0276. The van der Waals surface area contributed by atoms with Crippen molar-refractivity contribution in [3.8, 4) is 0 Å². The van der Waals surface area contributed by atoms with Crippen LogP contribution in [0.25, 0.3) is 10.9 Å². The lowest BCUT2D eigenvalue weighted by Crippen LogP contribution is -2.44. The Balaban J connectivity index is 2.28. The average molecular weight is 258 g/mol. The molecule has 2 rings (SSSR count). The van der Waals surface area contributed by atoms with Gasteiger partial charge in [-0.25, -0.2) is 0 Å². The number of benzene rings is 1. The number of rotatable bonds is 3. The number of amides is 1. The fourth-order valence-corrected chi connectivity index (χ4v) is 2.34. The van der Waals surface area contributed by atoms with Gasteiger partial charge in [0.2, 0.25) is 5.91 Å². The number of carbonyl (C=O) groups excluding carboxylic acids is 1. The second kappa shape index (κ2) is 5.08. The molecule has 0 aliphatic heterocycles. The van der Waals surface area contributed by atoms with Gasteiger partial charge in [0.15, 0.2) is 0 Å². The summed E-state index contributed by atoms with van der Waals surface area (Å²) in [6.07, 6.45) is 2.89. The largest absolute Gasteiger partial charge is 0.361 e. The Morgan fingerprint density at radius 3 is 2.63 bits per heavy atom. The number of para-hydroxylation sites is 1. The second-order valence-corrected chi connectivity index (χ2v) is 6.18. The van der Waals surface area contributed by atoms with Gasteiger partial charge < -0.3 is 10.3 Å². The molecule has 0 radical (unpaired) electrons. The Hall–Kier alpha value is -1.77. The van der Waals surface area contributed by atoms with Gasteiger partial charge in [0.05, 0.1) is 0 Å². The van der Waals surface area contributed by atoms with Crippen molar-refractivity contribution >= 4 is 16.8 Å². The molecule has 0 saturated heterocycles. The number of aromatic nitrogens is 1. The van der Waals surface area contributed by atoms with Crippen LogP contribution in [0.3, 0.4) is 0 Å². The minimum atomic E-state index is 0.0276. The summed E-state index contributed by atoms with van der Waals surface area (Å²) in [5.41, 5.74) is 2.43. The van der Waals surface area contributed by atoms with Gasteiger partial charge in [-0.2, -0.15) is 0 Å². The monoisotopic (exact) mass is 258 g/mol. The average Bonchev–Trinajstić information content (AvgIpc) is 2.70. The molecule has 3 nitrogen and oxygen atoms in total. The molecule has 19 heavy (non-hydrogen) atoms. The number of carbonyl (C=O) groups is 1. The lowest BCUT2D eigenvalue weighted by Gasteiger charge is -2.31. The van der Waals surface area contributed by atoms with E-state index in [4.69, 9.17) is 0 Å². The van der Waals surface area contributed by atoms with Gasteiger partial charge in [0, 0.05) is 30.1 Å². The van der Waals surface area contributed by atoms with Crippen molar-refractivity contribution < 1.29 is 4.79 Å². The molecule has 0 fully saturated rings. The molecule has 0 saturated carbocycles. The van der Waals surface area contributed by atoms with E-state index in [1.54, 1.807) is 6.92 Å². The van der Waals surface area contributed by atoms with Crippen molar-refractivity contribution in [1.29, 1.82) is 0 Å². The molecule has 2 aromatic rings. The van der Waals surface area contributed by atoms with Crippen LogP contribution in [0.1, 0.15) is 33.3 Å². The summed E-state index contributed by atoms with van der Waals surface area (Å²) >= 11 is 0. The van der Waals surface area contributed by atoms with E-state index >= 15 is 0 Å². The van der Waals surface area contributed by atoms with E-state index in [1.165, 1.54) is 10.9 Å². The third kappa shape index (κ3) is 3.16. The molecule has 2 N–H and O–H groups in total. The molecule has 3 heteroatoms. The maximum atomic E-state index is 11.4.